The molecule has 1 atom stereocenters. The van der Waals surface area contributed by atoms with Crippen molar-refractivity contribution in [3.8, 4) is 11.3 Å². The average molecular weight is 497 g/mol. The molecule has 4 rings (SSSR count). The SMILES string of the molecule is COC(=O)N1CCO[C@@H](Cc2c(-c3c(F)cc(Br)cc3Cl)nc3cc(C)ccn23)C1. The lowest BCUT2D eigenvalue weighted by Crippen LogP contribution is -2.46. The quantitative estimate of drug-likeness (QED) is 0.519. The monoisotopic (exact) mass is 495 g/mol. The number of imidazole rings is 1. The minimum Gasteiger partial charge on any atom is -0.453 e. The molecule has 0 unspecified atom stereocenters. The molecule has 3 aromatic rings. The van der Waals surface area contributed by atoms with Crippen LogP contribution in [-0.2, 0) is 15.9 Å². The normalized spacial score (nSPS) is 16.8. The number of nitrogens with zero attached hydrogens (tertiary/aromatic N) is 3. The van der Waals surface area contributed by atoms with Gasteiger partial charge in [-0.2, -0.15) is 0 Å². The summed E-state index contributed by atoms with van der Waals surface area (Å²) < 4.78 is 28.1. The lowest BCUT2D eigenvalue weighted by atomic mass is 10.0. The van der Waals surface area contributed by atoms with Crippen LogP contribution in [0.1, 0.15) is 11.3 Å². The van der Waals surface area contributed by atoms with E-state index in [-0.39, 0.29) is 22.8 Å². The van der Waals surface area contributed by atoms with Crippen LogP contribution in [0, 0.1) is 12.7 Å². The van der Waals surface area contributed by atoms with Crippen molar-refractivity contribution in [3.05, 3.63) is 57.0 Å². The third-order valence-corrected chi connectivity index (χ3v) is 5.87. The van der Waals surface area contributed by atoms with Gasteiger partial charge in [0.15, 0.2) is 0 Å². The van der Waals surface area contributed by atoms with Gasteiger partial charge in [0, 0.05) is 23.6 Å². The maximum Gasteiger partial charge on any atom is 0.409 e. The molecular formula is C21H20BrClFN3O3. The van der Waals surface area contributed by atoms with Crippen LogP contribution in [0.2, 0.25) is 5.02 Å². The molecule has 0 bridgehead atoms. The van der Waals surface area contributed by atoms with Crippen molar-refractivity contribution in [3.63, 3.8) is 0 Å². The van der Waals surface area contributed by atoms with Gasteiger partial charge in [0.2, 0.25) is 0 Å². The van der Waals surface area contributed by atoms with E-state index in [9.17, 15) is 9.18 Å². The smallest absolute Gasteiger partial charge is 0.409 e. The van der Waals surface area contributed by atoms with E-state index < -0.39 is 5.82 Å². The van der Waals surface area contributed by atoms with Gasteiger partial charge < -0.3 is 18.8 Å². The van der Waals surface area contributed by atoms with E-state index in [1.807, 2.05) is 29.7 Å². The number of halogens is 3. The molecule has 1 fully saturated rings. The van der Waals surface area contributed by atoms with Crippen LogP contribution < -0.4 is 0 Å². The number of carbonyl (C=O) groups excluding carboxylic acids is 1. The summed E-state index contributed by atoms with van der Waals surface area (Å²) in [5, 5.41) is 0.268. The van der Waals surface area contributed by atoms with Gasteiger partial charge in [-0.1, -0.05) is 27.5 Å². The Morgan fingerprint density at radius 3 is 2.97 bits per heavy atom. The Bertz CT molecular complexity index is 1100. The molecule has 1 aromatic carbocycles. The largest absolute Gasteiger partial charge is 0.453 e. The second-order valence-corrected chi connectivity index (χ2v) is 8.52. The zero-order valence-corrected chi connectivity index (χ0v) is 18.8. The van der Waals surface area contributed by atoms with Crippen LogP contribution >= 0.6 is 27.5 Å². The molecule has 1 saturated heterocycles. The number of hydrogen-bond acceptors (Lipinski definition) is 4. The van der Waals surface area contributed by atoms with E-state index in [4.69, 9.17) is 26.1 Å². The molecule has 158 valence electrons. The summed E-state index contributed by atoms with van der Waals surface area (Å²) in [6.45, 7) is 3.22. The van der Waals surface area contributed by atoms with Crippen LogP contribution in [0.4, 0.5) is 9.18 Å². The number of morpholine rings is 1. The highest BCUT2D eigenvalue weighted by atomic mass is 79.9. The molecule has 0 spiro atoms. The number of methoxy groups -OCH3 is 1. The molecule has 0 radical (unpaired) electrons. The molecule has 1 aliphatic rings. The maximum absolute atomic E-state index is 14.9. The Balaban J connectivity index is 1.79. The first-order valence-electron chi connectivity index (χ1n) is 9.44. The van der Waals surface area contributed by atoms with Gasteiger partial charge >= 0.3 is 6.09 Å². The van der Waals surface area contributed by atoms with E-state index in [2.05, 4.69) is 15.9 Å². The Morgan fingerprint density at radius 1 is 1.43 bits per heavy atom. The Hall–Kier alpha value is -2.16. The molecular weight excluding hydrogens is 477 g/mol. The fourth-order valence-corrected chi connectivity index (χ4v) is 4.57. The summed E-state index contributed by atoms with van der Waals surface area (Å²) in [5.41, 5.74) is 3.22. The highest BCUT2D eigenvalue weighted by Crippen LogP contribution is 2.36. The van der Waals surface area contributed by atoms with E-state index in [1.54, 1.807) is 11.0 Å². The van der Waals surface area contributed by atoms with Crippen LogP contribution in [0.25, 0.3) is 16.9 Å². The molecule has 0 saturated carbocycles. The van der Waals surface area contributed by atoms with Crippen molar-refractivity contribution in [1.82, 2.24) is 14.3 Å². The Labute approximate surface area is 186 Å². The highest BCUT2D eigenvalue weighted by molar-refractivity contribution is 9.10. The molecule has 0 aliphatic carbocycles. The topological polar surface area (TPSA) is 56.1 Å². The van der Waals surface area contributed by atoms with Gasteiger partial charge in [0.25, 0.3) is 0 Å². The van der Waals surface area contributed by atoms with Crippen LogP contribution in [-0.4, -0.2) is 53.3 Å². The van der Waals surface area contributed by atoms with Crippen molar-refractivity contribution in [2.45, 2.75) is 19.4 Å². The molecule has 1 aliphatic heterocycles. The molecule has 3 heterocycles. The predicted molar refractivity (Wildman–Crippen MR) is 115 cm³/mol. The number of carbonyl (C=O) groups is 1. The molecule has 1 amide bonds. The van der Waals surface area contributed by atoms with E-state index in [0.717, 1.165) is 11.3 Å². The summed E-state index contributed by atoms with van der Waals surface area (Å²) in [7, 11) is 1.36. The minimum absolute atomic E-state index is 0.247. The van der Waals surface area contributed by atoms with E-state index >= 15 is 0 Å². The van der Waals surface area contributed by atoms with Crippen molar-refractivity contribution in [2.75, 3.05) is 26.8 Å². The number of ether oxygens (including phenoxy) is 2. The number of hydrogen-bond donors (Lipinski definition) is 0. The molecule has 2 aromatic heterocycles. The summed E-state index contributed by atoms with van der Waals surface area (Å²) in [6.07, 6.45) is 1.66. The Kier molecular flexibility index (Phi) is 5.99. The Morgan fingerprint density at radius 2 is 2.23 bits per heavy atom. The first-order chi connectivity index (χ1) is 14.4. The van der Waals surface area contributed by atoms with E-state index in [0.29, 0.717) is 41.9 Å². The number of pyridine rings is 1. The number of rotatable bonds is 3. The standard InChI is InChI=1S/C21H20BrClFN3O3/c1-12-3-4-27-17(10-14-11-26(5-6-30-14)21(28)29-2)20(25-18(27)7-12)19-15(23)8-13(22)9-16(19)24/h3-4,7-9,14H,5-6,10-11H2,1-2H3/t14-/m0/s1. The molecule has 9 heteroatoms. The van der Waals surface area contributed by atoms with Crippen molar-refractivity contribution < 1.29 is 18.7 Å². The fraction of sp³-hybridized carbons (Fsp3) is 0.333. The number of fused-ring (bicyclic) bond motifs is 1. The van der Waals surface area contributed by atoms with E-state index in [1.165, 1.54) is 13.2 Å². The summed E-state index contributed by atoms with van der Waals surface area (Å²) in [5.74, 6) is -0.462. The number of benzene rings is 1. The molecule has 0 N–H and O–H groups in total. The minimum atomic E-state index is -0.462. The lowest BCUT2D eigenvalue weighted by molar-refractivity contribution is -0.0241. The second-order valence-electron chi connectivity index (χ2n) is 7.20. The average Bonchev–Trinajstić information content (AvgIpc) is 3.03. The van der Waals surface area contributed by atoms with Crippen LogP contribution in [0.15, 0.2) is 34.9 Å². The first-order valence-corrected chi connectivity index (χ1v) is 10.6. The molecule has 6 nitrogen and oxygen atoms in total. The van der Waals surface area contributed by atoms with Crippen molar-refractivity contribution in [2.24, 2.45) is 0 Å². The predicted octanol–water partition coefficient (Wildman–Crippen LogP) is 4.87. The van der Waals surface area contributed by atoms with Gasteiger partial charge in [-0.25, -0.2) is 14.2 Å². The number of aryl methyl sites for hydroxylation is 1. The first kappa shape index (κ1) is 21.1. The molecule has 30 heavy (non-hydrogen) atoms. The van der Waals surface area contributed by atoms with Gasteiger partial charge in [-0.05, 0) is 36.8 Å². The lowest BCUT2D eigenvalue weighted by Gasteiger charge is -2.32. The summed E-state index contributed by atoms with van der Waals surface area (Å²) in [6, 6.07) is 6.91. The van der Waals surface area contributed by atoms with Crippen LogP contribution in [0.3, 0.4) is 0 Å². The zero-order valence-electron chi connectivity index (χ0n) is 16.5. The van der Waals surface area contributed by atoms with Gasteiger partial charge in [0.1, 0.15) is 11.5 Å². The fourth-order valence-electron chi connectivity index (χ4n) is 3.71. The van der Waals surface area contributed by atoms with Gasteiger partial charge in [-0.15, -0.1) is 0 Å². The van der Waals surface area contributed by atoms with Crippen molar-refractivity contribution >= 4 is 39.3 Å². The summed E-state index contributed by atoms with van der Waals surface area (Å²) in [4.78, 5) is 18.2. The maximum atomic E-state index is 14.9. The third-order valence-electron chi connectivity index (χ3n) is 5.12. The number of amides is 1. The summed E-state index contributed by atoms with van der Waals surface area (Å²) >= 11 is 9.68. The second kappa shape index (κ2) is 8.53. The third kappa shape index (κ3) is 4.04. The van der Waals surface area contributed by atoms with Crippen molar-refractivity contribution in [1.29, 1.82) is 0 Å². The zero-order chi connectivity index (χ0) is 21.4. The van der Waals surface area contributed by atoms with Crippen LogP contribution in [0.5, 0.6) is 0 Å². The number of aromatic nitrogens is 2. The highest BCUT2D eigenvalue weighted by Gasteiger charge is 2.28. The van der Waals surface area contributed by atoms with Gasteiger partial charge in [-0.3, -0.25) is 0 Å². The van der Waals surface area contributed by atoms with Gasteiger partial charge in [0.05, 0.1) is 48.3 Å².